The maximum atomic E-state index is 13.1. The van der Waals surface area contributed by atoms with Crippen LogP contribution in [0.25, 0.3) is 10.1 Å². The van der Waals surface area contributed by atoms with Gasteiger partial charge in [0, 0.05) is 29.2 Å². The molecular weight excluding hydrogens is 384 g/mol. The molecule has 5 nitrogen and oxygen atoms in total. The molecule has 29 heavy (non-hydrogen) atoms. The summed E-state index contributed by atoms with van der Waals surface area (Å²) in [4.78, 5) is 16.2. The molecule has 0 bridgehead atoms. The highest BCUT2D eigenvalue weighted by molar-refractivity contribution is 7.21. The van der Waals surface area contributed by atoms with Gasteiger partial charge in [0.15, 0.2) is 0 Å². The number of hydrogen-bond donors (Lipinski definition) is 1. The number of anilines is 1. The van der Waals surface area contributed by atoms with E-state index in [1.54, 1.807) is 25.6 Å². The van der Waals surface area contributed by atoms with E-state index < -0.39 is 0 Å². The number of nitrogens with zero attached hydrogens (tertiary/aromatic N) is 1. The molecule has 0 radical (unpaired) electrons. The first-order valence-corrected chi connectivity index (χ1v) is 10.6. The van der Waals surface area contributed by atoms with Gasteiger partial charge in [0.2, 0.25) is 0 Å². The summed E-state index contributed by atoms with van der Waals surface area (Å²) < 4.78 is 11.9. The van der Waals surface area contributed by atoms with Crippen molar-refractivity contribution < 1.29 is 14.3 Å². The first kappa shape index (κ1) is 19.6. The second kappa shape index (κ2) is 7.95. The Morgan fingerprint density at radius 1 is 1.14 bits per heavy atom. The molecular formula is C23H26N2O3S. The van der Waals surface area contributed by atoms with Crippen molar-refractivity contribution in [3.05, 3.63) is 52.9 Å². The maximum absolute atomic E-state index is 13.1. The molecule has 1 amide bonds. The van der Waals surface area contributed by atoms with Crippen molar-refractivity contribution in [3.8, 4) is 11.5 Å². The number of rotatable bonds is 5. The van der Waals surface area contributed by atoms with Crippen LogP contribution >= 0.6 is 11.3 Å². The van der Waals surface area contributed by atoms with Crippen LogP contribution in [-0.4, -0.2) is 32.7 Å². The Morgan fingerprint density at radius 2 is 1.90 bits per heavy atom. The Labute approximate surface area is 175 Å². The van der Waals surface area contributed by atoms with Gasteiger partial charge in [-0.25, -0.2) is 0 Å². The number of benzene rings is 2. The Balaban J connectivity index is 1.84. The molecule has 1 unspecified atom stereocenters. The van der Waals surface area contributed by atoms with Gasteiger partial charge in [0.05, 0.1) is 19.9 Å². The zero-order valence-electron chi connectivity index (χ0n) is 17.2. The quantitative estimate of drug-likeness (QED) is 0.663. The third kappa shape index (κ3) is 3.77. The molecule has 3 aromatic rings. The smallest absolute Gasteiger partial charge is 0.263 e. The van der Waals surface area contributed by atoms with Gasteiger partial charge in [-0.2, -0.15) is 0 Å². The highest BCUT2D eigenvalue weighted by Gasteiger charge is 2.31. The summed E-state index contributed by atoms with van der Waals surface area (Å²) >= 11 is 1.54. The molecule has 1 atom stereocenters. The van der Waals surface area contributed by atoms with Gasteiger partial charge in [-0.1, -0.05) is 26.0 Å². The van der Waals surface area contributed by atoms with Gasteiger partial charge in [-0.3, -0.25) is 4.79 Å². The first-order valence-electron chi connectivity index (χ1n) is 9.79. The van der Waals surface area contributed by atoms with Crippen molar-refractivity contribution in [1.29, 1.82) is 0 Å². The number of hydrogen-bond acceptors (Lipinski definition) is 5. The van der Waals surface area contributed by atoms with E-state index in [0.29, 0.717) is 12.5 Å². The van der Waals surface area contributed by atoms with E-state index in [2.05, 4.69) is 36.2 Å². The lowest BCUT2D eigenvalue weighted by molar-refractivity contribution is 0.0936. The van der Waals surface area contributed by atoms with Gasteiger partial charge >= 0.3 is 0 Å². The van der Waals surface area contributed by atoms with E-state index in [-0.39, 0.29) is 11.9 Å². The lowest BCUT2D eigenvalue weighted by Gasteiger charge is -2.29. The minimum absolute atomic E-state index is 0.00649. The fourth-order valence-electron chi connectivity index (χ4n) is 3.78. The maximum Gasteiger partial charge on any atom is 0.263 e. The average Bonchev–Trinajstić information content (AvgIpc) is 3.05. The van der Waals surface area contributed by atoms with Gasteiger partial charge in [-0.15, -0.1) is 11.3 Å². The van der Waals surface area contributed by atoms with Crippen LogP contribution in [0, 0.1) is 5.92 Å². The van der Waals surface area contributed by atoms with E-state index in [1.807, 2.05) is 30.3 Å². The topological polar surface area (TPSA) is 50.8 Å². The number of thiophene rings is 1. The molecule has 2 heterocycles. The molecule has 6 heteroatoms. The fourth-order valence-corrected chi connectivity index (χ4v) is 4.89. The van der Waals surface area contributed by atoms with E-state index in [0.717, 1.165) is 44.3 Å². The molecule has 1 aromatic heterocycles. The summed E-state index contributed by atoms with van der Waals surface area (Å²) in [5.41, 5.74) is 2.14. The third-order valence-electron chi connectivity index (χ3n) is 5.44. The number of nitrogens with one attached hydrogen (secondary N) is 1. The number of fused-ring (bicyclic) bond motifs is 3. The number of carbonyl (C=O) groups excluding carboxylic acids is 1. The fraction of sp³-hybridized carbons (Fsp3) is 0.348. The van der Waals surface area contributed by atoms with E-state index in [1.165, 1.54) is 0 Å². The van der Waals surface area contributed by atoms with Gasteiger partial charge < -0.3 is 19.7 Å². The Morgan fingerprint density at radius 3 is 2.62 bits per heavy atom. The molecule has 1 N–H and O–H groups in total. The van der Waals surface area contributed by atoms with Crippen molar-refractivity contribution in [2.75, 3.05) is 25.7 Å². The molecule has 1 aliphatic rings. The summed E-state index contributed by atoms with van der Waals surface area (Å²) in [6.45, 7) is 5.74. The monoisotopic (exact) mass is 410 g/mol. The summed E-state index contributed by atoms with van der Waals surface area (Å²) in [7, 11) is 3.35. The molecule has 0 saturated heterocycles. The van der Waals surface area contributed by atoms with Gasteiger partial charge in [0.1, 0.15) is 16.4 Å². The van der Waals surface area contributed by atoms with E-state index in [9.17, 15) is 4.79 Å². The molecule has 0 spiro atoms. The van der Waals surface area contributed by atoms with Crippen molar-refractivity contribution in [3.63, 3.8) is 0 Å². The van der Waals surface area contributed by atoms with Crippen LogP contribution in [0.15, 0.2) is 42.5 Å². The van der Waals surface area contributed by atoms with Crippen LogP contribution in [-0.2, 0) is 6.54 Å². The molecule has 0 saturated carbocycles. The Bertz CT molecular complexity index is 1040. The van der Waals surface area contributed by atoms with E-state index >= 15 is 0 Å². The number of amides is 1. The minimum Gasteiger partial charge on any atom is -0.497 e. The molecule has 4 rings (SSSR count). The highest BCUT2D eigenvalue weighted by atomic mass is 32.1. The second-order valence-corrected chi connectivity index (χ2v) is 8.75. The van der Waals surface area contributed by atoms with Crippen LogP contribution in [0.3, 0.4) is 0 Å². The summed E-state index contributed by atoms with van der Waals surface area (Å²) in [5.74, 6) is 1.97. The minimum atomic E-state index is 0.00649. The standard InChI is InChI=1S/C23H26N2O3S/c1-14(2)19-13-25(12-15-6-5-7-16(10-15)27-3)21-18-11-17(28-4)8-9-20(18)29-22(21)23(26)24-19/h5-11,14,19H,12-13H2,1-4H3,(H,24,26). The number of methoxy groups -OCH3 is 2. The van der Waals surface area contributed by atoms with Crippen molar-refractivity contribution >= 4 is 33.0 Å². The van der Waals surface area contributed by atoms with Crippen LogP contribution < -0.4 is 19.7 Å². The van der Waals surface area contributed by atoms with Crippen molar-refractivity contribution in [2.24, 2.45) is 5.92 Å². The van der Waals surface area contributed by atoms with Crippen molar-refractivity contribution in [2.45, 2.75) is 26.4 Å². The largest absolute Gasteiger partial charge is 0.497 e. The lowest BCUT2D eigenvalue weighted by Crippen LogP contribution is -2.43. The SMILES string of the molecule is COc1cccc(CN2CC(C(C)C)NC(=O)c3sc4ccc(OC)cc4c32)c1. The van der Waals surface area contributed by atoms with Crippen LogP contribution in [0.2, 0.25) is 0 Å². The van der Waals surface area contributed by atoms with Gasteiger partial charge in [0.25, 0.3) is 5.91 Å². The van der Waals surface area contributed by atoms with Crippen LogP contribution in [0.5, 0.6) is 11.5 Å². The highest BCUT2D eigenvalue weighted by Crippen LogP contribution is 2.42. The zero-order valence-corrected chi connectivity index (χ0v) is 18.0. The van der Waals surface area contributed by atoms with E-state index in [4.69, 9.17) is 9.47 Å². The van der Waals surface area contributed by atoms with Crippen LogP contribution in [0.4, 0.5) is 5.69 Å². The molecule has 2 aromatic carbocycles. The summed E-state index contributed by atoms with van der Waals surface area (Å²) in [5, 5.41) is 4.30. The summed E-state index contributed by atoms with van der Waals surface area (Å²) in [6, 6.07) is 14.2. The Hall–Kier alpha value is -2.73. The number of carbonyl (C=O) groups is 1. The zero-order chi connectivity index (χ0) is 20.5. The summed E-state index contributed by atoms with van der Waals surface area (Å²) in [6.07, 6.45) is 0. The lowest BCUT2D eigenvalue weighted by atomic mass is 10.0. The molecule has 1 aliphatic heterocycles. The predicted octanol–water partition coefficient (Wildman–Crippen LogP) is 4.69. The molecule has 0 fully saturated rings. The molecule has 0 aliphatic carbocycles. The predicted molar refractivity (Wildman–Crippen MR) is 119 cm³/mol. The third-order valence-corrected chi connectivity index (χ3v) is 6.60. The van der Waals surface area contributed by atoms with Crippen LogP contribution in [0.1, 0.15) is 29.1 Å². The Kier molecular flexibility index (Phi) is 5.37. The average molecular weight is 411 g/mol. The normalized spacial score (nSPS) is 16.5. The molecule has 152 valence electrons. The van der Waals surface area contributed by atoms with Crippen molar-refractivity contribution in [1.82, 2.24) is 5.32 Å². The van der Waals surface area contributed by atoms with Gasteiger partial charge in [-0.05, 0) is 41.8 Å². The second-order valence-electron chi connectivity index (χ2n) is 7.70. The number of ether oxygens (including phenoxy) is 2. The first-order chi connectivity index (χ1) is 14.0.